The minimum Gasteiger partial charge on any atom is -0.493 e. The highest BCUT2D eigenvalue weighted by atomic mass is 35.5. The number of halogens is 2. The van der Waals surface area contributed by atoms with Gasteiger partial charge in [-0.05, 0) is 55.4 Å². The van der Waals surface area contributed by atoms with Gasteiger partial charge in [-0.2, -0.15) is 0 Å². The van der Waals surface area contributed by atoms with E-state index >= 15 is 0 Å². The van der Waals surface area contributed by atoms with Crippen molar-refractivity contribution in [3.8, 4) is 5.75 Å². The standard InChI is InChI=1S/C26H27ClFN5O4/c27-17-2-7-24(30-16-17)32-26(35)21-14-18(28)3-6-22(21)31-25(34)20-5-4-19(33-9-12-36-13-10-33)15-23(20)37-11-1-8-29/h2-7,14-16H,1,8-13,29H2,(H,31,34)(H,30,32,35). The minimum atomic E-state index is -0.647. The van der Waals surface area contributed by atoms with Crippen LogP contribution >= 0.6 is 11.6 Å². The van der Waals surface area contributed by atoms with Crippen LogP contribution in [0.4, 0.5) is 21.6 Å². The maximum absolute atomic E-state index is 14.0. The van der Waals surface area contributed by atoms with Crippen molar-refractivity contribution in [1.82, 2.24) is 4.98 Å². The smallest absolute Gasteiger partial charge is 0.259 e. The molecule has 1 aliphatic heterocycles. The van der Waals surface area contributed by atoms with E-state index in [0.29, 0.717) is 43.6 Å². The molecule has 0 saturated carbocycles. The topological polar surface area (TPSA) is 119 Å². The van der Waals surface area contributed by atoms with Gasteiger partial charge in [-0.1, -0.05) is 11.6 Å². The van der Waals surface area contributed by atoms with Crippen molar-refractivity contribution in [2.45, 2.75) is 6.42 Å². The summed E-state index contributed by atoms with van der Waals surface area (Å²) in [7, 11) is 0. The fourth-order valence-electron chi connectivity index (χ4n) is 3.74. The van der Waals surface area contributed by atoms with Crippen LogP contribution in [-0.4, -0.2) is 56.3 Å². The fraction of sp³-hybridized carbons (Fsp3) is 0.269. The van der Waals surface area contributed by atoms with Crippen molar-refractivity contribution in [3.05, 3.63) is 76.7 Å². The molecule has 9 nitrogen and oxygen atoms in total. The third-order valence-electron chi connectivity index (χ3n) is 5.64. The molecule has 0 spiro atoms. The van der Waals surface area contributed by atoms with Gasteiger partial charge < -0.3 is 30.7 Å². The SMILES string of the molecule is NCCCOc1cc(N2CCOCC2)ccc1C(=O)Nc1ccc(F)cc1C(=O)Nc1ccc(Cl)cn1. The van der Waals surface area contributed by atoms with Gasteiger partial charge in [-0.15, -0.1) is 0 Å². The number of ether oxygens (including phenoxy) is 2. The summed E-state index contributed by atoms with van der Waals surface area (Å²) < 4.78 is 25.4. The predicted molar refractivity (Wildman–Crippen MR) is 140 cm³/mol. The molecule has 1 aliphatic rings. The first-order chi connectivity index (χ1) is 17.9. The van der Waals surface area contributed by atoms with E-state index in [1.165, 1.54) is 18.3 Å². The van der Waals surface area contributed by atoms with E-state index in [0.717, 1.165) is 30.9 Å². The van der Waals surface area contributed by atoms with Crippen molar-refractivity contribution < 1.29 is 23.5 Å². The molecule has 2 amide bonds. The third kappa shape index (κ3) is 6.94. The van der Waals surface area contributed by atoms with Crippen LogP contribution in [0.25, 0.3) is 0 Å². The number of anilines is 3. The molecular weight excluding hydrogens is 501 g/mol. The highest BCUT2D eigenvalue weighted by Crippen LogP contribution is 2.28. The lowest BCUT2D eigenvalue weighted by atomic mass is 10.1. The average Bonchev–Trinajstić information content (AvgIpc) is 2.91. The van der Waals surface area contributed by atoms with Crippen LogP contribution in [0.5, 0.6) is 5.75 Å². The number of carbonyl (C=O) groups is 2. The van der Waals surface area contributed by atoms with Gasteiger partial charge in [0.15, 0.2) is 0 Å². The molecule has 0 bridgehead atoms. The van der Waals surface area contributed by atoms with Crippen LogP contribution in [-0.2, 0) is 4.74 Å². The first kappa shape index (κ1) is 26.3. The second-order valence-corrected chi connectivity index (χ2v) is 8.67. The number of nitrogens with two attached hydrogens (primary N) is 1. The molecule has 194 valence electrons. The Hall–Kier alpha value is -3.73. The van der Waals surface area contributed by atoms with Crippen molar-refractivity contribution in [2.75, 3.05) is 55.0 Å². The second-order valence-electron chi connectivity index (χ2n) is 8.23. The van der Waals surface area contributed by atoms with Crippen molar-refractivity contribution in [3.63, 3.8) is 0 Å². The first-order valence-corrected chi connectivity index (χ1v) is 12.2. The summed E-state index contributed by atoms with van der Waals surface area (Å²) in [5.74, 6) is -1.18. The van der Waals surface area contributed by atoms with Crippen molar-refractivity contribution >= 4 is 40.6 Å². The number of carbonyl (C=O) groups excluding carboxylic acids is 2. The van der Waals surface area contributed by atoms with Crippen LogP contribution < -0.4 is 26.0 Å². The van der Waals surface area contributed by atoms with Crippen LogP contribution in [0.1, 0.15) is 27.1 Å². The molecule has 1 aromatic heterocycles. The van der Waals surface area contributed by atoms with Crippen LogP contribution in [0, 0.1) is 5.82 Å². The van der Waals surface area contributed by atoms with Gasteiger partial charge in [0, 0.05) is 31.0 Å². The molecule has 0 aliphatic carbocycles. The van der Waals surface area contributed by atoms with Gasteiger partial charge in [0.1, 0.15) is 17.4 Å². The Morgan fingerprint density at radius 3 is 2.57 bits per heavy atom. The number of aromatic nitrogens is 1. The number of pyridine rings is 1. The number of benzene rings is 2. The van der Waals surface area contributed by atoms with Crippen molar-refractivity contribution in [2.24, 2.45) is 5.73 Å². The van der Waals surface area contributed by atoms with Gasteiger partial charge in [0.05, 0.1) is 41.7 Å². The number of hydrogen-bond donors (Lipinski definition) is 3. The molecule has 2 aromatic carbocycles. The zero-order chi connectivity index (χ0) is 26.2. The second kappa shape index (κ2) is 12.5. The number of hydrogen-bond acceptors (Lipinski definition) is 7. The van der Waals surface area contributed by atoms with E-state index in [2.05, 4.69) is 20.5 Å². The Morgan fingerprint density at radius 1 is 1.05 bits per heavy atom. The highest BCUT2D eigenvalue weighted by molar-refractivity contribution is 6.30. The normalized spacial score (nSPS) is 13.2. The molecule has 2 heterocycles. The summed E-state index contributed by atoms with van der Waals surface area (Å²) in [6.07, 6.45) is 1.99. The summed E-state index contributed by atoms with van der Waals surface area (Å²) in [5, 5.41) is 5.69. The Balaban J connectivity index is 1.57. The predicted octanol–water partition coefficient (Wildman–Crippen LogP) is 3.94. The van der Waals surface area contributed by atoms with Gasteiger partial charge in [-0.25, -0.2) is 9.37 Å². The van der Waals surface area contributed by atoms with Crippen LogP contribution in [0.3, 0.4) is 0 Å². The first-order valence-electron chi connectivity index (χ1n) is 11.8. The van der Waals surface area contributed by atoms with Gasteiger partial charge in [0.2, 0.25) is 0 Å². The van der Waals surface area contributed by atoms with E-state index in [-0.39, 0.29) is 22.6 Å². The lowest BCUT2D eigenvalue weighted by Crippen LogP contribution is -2.36. The number of morpholine rings is 1. The highest BCUT2D eigenvalue weighted by Gasteiger charge is 2.20. The summed E-state index contributed by atoms with van der Waals surface area (Å²) in [5.41, 5.74) is 6.83. The molecule has 0 unspecified atom stereocenters. The molecule has 1 fully saturated rings. The van der Waals surface area contributed by atoms with E-state index < -0.39 is 17.6 Å². The molecule has 3 aromatic rings. The number of amides is 2. The molecule has 1 saturated heterocycles. The fourth-order valence-corrected chi connectivity index (χ4v) is 3.85. The molecule has 4 N–H and O–H groups in total. The summed E-state index contributed by atoms with van der Waals surface area (Å²) >= 11 is 5.84. The Morgan fingerprint density at radius 2 is 1.84 bits per heavy atom. The molecule has 0 radical (unpaired) electrons. The average molecular weight is 528 g/mol. The van der Waals surface area contributed by atoms with Crippen LogP contribution in [0.15, 0.2) is 54.7 Å². The quantitative estimate of drug-likeness (QED) is 0.361. The summed E-state index contributed by atoms with van der Waals surface area (Å²) in [6, 6.07) is 11.9. The monoisotopic (exact) mass is 527 g/mol. The summed E-state index contributed by atoms with van der Waals surface area (Å²) in [6.45, 7) is 3.47. The minimum absolute atomic E-state index is 0.0689. The maximum Gasteiger partial charge on any atom is 0.259 e. The Kier molecular flexibility index (Phi) is 8.89. The molecule has 0 atom stereocenters. The van der Waals surface area contributed by atoms with E-state index in [4.69, 9.17) is 26.8 Å². The Labute approximate surface area is 218 Å². The van der Waals surface area contributed by atoms with E-state index in [1.54, 1.807) is 18.2 Å². The third-order valence-corrected chi connectivity index (χ3v) is 5.86. The maximum atomic E-state index is 14.0. The van der Waals surface area contributed by atoms with Gasteiger partial charge in [-0.3, -0.25) is 9.59 Å². The van der Waals surface area contributed by atoms with Gasteiger partial charge in [0.25, 0.3) is 11.8 Å². The molecule has 37 heavy (non-hydrogen) atoms. The Bertz CT molecular complexity index is 1250. The van der Waals surface area contributed by atoms with Crippen LogP contribution in [0.2, 0.25) is 5.02 Å². The van der Waals surface area contributed by atoms with Gasteiger partial charge >= 0.3 is 0 Å². The zero-order valence-corrected chi connectivity index (χ0v) is 20.8. The lowest BCUT2D eigenvalue weighted by Gasteiger charge is -2.29. The number of nitrogens with zero attached hydrogens (tertiary/aromatic N) is 2. The largest absolute Gasteiger partial charge is 0.493 e. The molecule has 4 rings (SSSR count). The zero-order valence-electron chi connectivity index (χ0n) is 20.0. The van der Waals surface area contributed by atoms with Crippen molar-refractivity contribution in [1.29, 1.82) is 0 Å². The van der Waals surface area contributed by atoms with E-state index in [9.17, 15) is 14.0 Å². The van der Waals surface area contributed by atoms with E-state index in [1.807, 2.05) is 6.07 Å². The number of rotatable bonds is 9. The lowest BCUT2D eigenvalue weighted by molar-refractivity contribution is 0.102. The summed E-state index contributed by atoms with van der Waals surface area (Å²) in [4.78, 5) is 32.4. The molecular formula is C26H27ClFN5O4. The number of nitrogens with one attached hydrogen (secondary N) is 2. The molecule has 11 heteroatoms.